The molecule has 110 valence electrons. The van der Waals surface area contributed by atoms with Crippen LogP contribution in [0.4, 0.5) is 0 Å². The summed E-state index contributed by atoms with van der Waals surface area (Å²) in [6.45, 7) is 9.44. The Bertz CT molecular complexity index is 150. The minimum Gasteiger partial charge on any atom is -0.0654 e. The van der Waals surface area contributed by atoms with Gasteiger partial charge in [-0.1, -0.05) is 105 Å². The highest BCUT2D eigenvalue weighted by atomic mass is 14.1. The summed E-state index contributed by atoms with van der Waals surface area (Å²) < 4.78 is 0. The van der Waals surface area contributed by atoms with Gasteiger partial charge in [-0.05, 0) is 11.8 Å². The highest BCUT2D eigenvalue weighted by molar-refractivity contribution is 4.56. The first-order valence-corrected chi connectivity index (χ1v) is 8.70. The molecule has 0 heteroatoms. The molecule has 0 saturated carbocycles. The molecule has 0 aliphatic rings. The van der Waals surface area contributed by atoms with Gasteiger partial charge in [0.1, 0.15) is 0 Å². The van der Waals surface area contributed by atoms with E-state index in [2.05, 4.69) is 27.7 Å². The second-order valence-electron chi connectivity index (χ2n) is 6.46. The maximum atomic E-state index is 2.44. The Morgan fingerprint density at radius 2 is 1.00 bits per heavy atom. The van der Waals surface area contributed by atoms with E-state index in [0.717, 1.165) is 11.8 Å². The van der Waals surface area contributed by atoms with E-state index in [1.54, 1.807) is 0 Å². The third-order valence-corrected chi connectivity index (χ3v) is 4.39. The lowest BCUT2D eigenvalue weighted by atomic mass is 9.96. The van der Waals surface area contributed by atoms with E-state index < -0.39 is 0 Å². The molecule has 0 radical (unpaired) electrons. The molecule has 0 aromatic rings. The largest absolute Gasteiger partial charge is 0.0654 e. The molecule has 0 fully saturated rings. The lowest BCUT2D eigenvalue weighted by Crippen LogP contribution is -1.95. The van der Waals surface area contributed by atoms with Gasteiger partial charge in [-0.3, -0.25) is 0 Å². The van der Waals surface area contributed by atoms with Crippen molar-refractivity contribution in [2.24, 2.45) is 11.8 Å². The Morgan fingerprint density at radius 3 is 1.50 bits per heavy atom. The number of rotatable bonds is 13. The molecule has 0 N–H and O–H groups in total. The van der Waals surface area contributed by atoms with Gasteiger partial charge in [0.25, 0.3) is 0 Å². The third kappa shape index (κ3) is 12.5. The molecule has 0 rings (SSSR count). The molecule has 0 aliphatic heterocycles. The van der Waals surface area contributed by atoms with Gasteiger partial charge in [0, 0.05) is 0 Å². The van der Waals surface area contributed by atoms with Crippen LogP contribution in [-0.2, 0) is 0 Å². The first-order chi connectivity index (χ1) is 8.70. The maximum absolute atomic E-state index is 2.44. The average molecular weight is 255 g/mol. The maximum Gasteiger partial charge on any atom is -0.0443 e. The normalized spacial score (nSPS) is 14.7. The van der Waals surface area contributed by atoms with Crippen LogP contribution in [0.25, 0.3) is 0 Å². The Balaban J connectivity index is 3.14. The molecule has 0 bridgehead atoms. The van der Waals surface area contributed by atoms with E-state index in [0.29, 0.717) is 0 Å². The second kappa shape index (κ2) is 13.4. The van der Waals surface area contributed by atoms with Crippen molar-refractivity contribution in [3.05, 3.63) is 0 Å². The molecule has 0 spiro atoms. The fraction of sp³-hybridized carbons (Fsp3) is 1.00. The zero-order valence-electron chi connectivity index (χ0n) is 13.6. The van der Waals surface area contributed by atoms with E-state index >= 15 is 0 Å². The van der Waals surface area contributed by atoms with Gasteiger partial charge in [0.15, 0.2) is 0 Å². The van der Waals surface area contributed by atoms with Crippen LogP contribution >= 0.6 is 0 Å². The molecule has 0 heterocycles. The summed E-state index contributed by atoms with van der Waals surface area (Å²) in [6.07, 6.45) is 17.3. The zero-order valence-corrected chi connectivity index (χ0v) is 13.6. The molecule has 2 atom stereocenters. The van der Waals surface area contributed by atoms with Gasteiger partial charge in [-0.2, -0.15) is 0 Å². The van der Waals surface area contributed by atoms with E-state index in [-0.39, 0.29) is 0 Å². The highest BCUT2D eigenvalue weighted by Crippen LogP contribution is 2.18. The smallest absolute Gasteiger partial charge is 0.0443 e. The van der Waals surface area contributed by atoms with Crippen molar-refractivity contribution in [1.29, 1.82) is 0 Å². The molecule has 0 aromatic carbocycles. The molecule has 0 amide bonds. The fourth-order valence-corrected chi connectivity index (χ4v) is 2.61. The summed E-state index contributed by atoms with van der Waals surface area (Å²) in [7, 11) is 0. The third-order valence-electron chi connectivity index (χ3n) is 4.39. The van der Waals surface area contributed by atoms with Gasteiger partial charge in [0.05, 0.1) is 0 Å². The Hall–Kier alpha value is 0. The second-order valence-corrected chi connectivity index (χ2v) is 6.46. The summed E-state index contributed by atoms with van der Waals surface area (Å²) >= 11 is 0. The summed E-state index contributed by atoms with van der Waals surface area (Å²) in [5.74, 6) is 1.92. The van der Waals surface area contributed by atoms with Crippen molar-refractivity contribution < 1.29 is 0 Å². The molecular formula is C18H38. The minimum absolute atomic E-state index is 0.948. The minimum atomic E-state index is 0.948. The molecule has 18 heavy (non-hydrogen) atoms. The zero-order chi connectivity index (χ0) is 13.6. The van der Waals surface area contributed by atoms with E-state index in [4.69, 9.17) is 0 Å². The van der Waals surface area contributed by atoms with Crippen molar-refractivity contribution >= 4 is 0 Å². The quantitative estimate of drug-likeness (QED) is 0.311. The van der Waals surface area contributed by atoms with Gasteiger partial charge >= 0.3 is 0 Å². The summed E-state index contributed by atoms with van der Waals surface area (Å²) in [4.78, 5) is 0. The van der Waals surface area contributed by atoms with E-state index in [1.807, 2.05) is 0 Å². The van der Waals surface area contributed by atoms with E-state index in [9.17, 15) is 0 Å². The predicted molar refractivity (Wildman–Crippen MR) is 85.1 cm³/mol. The molecule has 0 nitrogen and oxygen atoms in total. The van der Waals surface area contributed by atoms with Crippen LogP contribution in [0.5, 0.6) is 0 Å². The number of hydrogen-bond donors (Lipinski definition) is 0. The summed E-state index contributed by atoms with van der Waals surface area (Å²) in [5.41, 5.74) is 0. The van der Waals surface area contributed by atoms with E-state index in [1.165, 1.54) is 77.0 Å². The van der Waals surface area contributed by atoms with Gasteiger partial charge in [0.2, 0.25) is 0 Å². The molecule has 0 aliphatic carbocycles. The van der Waals surface area contributed by atoms with Crippen molar-refractivity contribution in [2.75, 3.05) is 0 Å². The molecular weight excluding hydrogens is 216 g/mol. The van der Waals surface area contributed by atoms with Gasteiger partial charge in [-0.15, -0.1) is 0 Å². The van der Waals surface area contributed by atoms with Crippen LogP contribution < -0.4 is 0 Å². The Labute approximate surface area is 117 Å². The summed E-state index contributed by atoms with van der Waals surface area (Å²) in [5, 5.41) is 0. The van der Waals surface area contributed by atoms with Crippen LogP contribution in [-0.4, -0.2) is 0 Å². The van der Waals surface area contributed by atoms with Crippen LogP contribution in [0.1, 0.15) is 105 Å². The molecule has 2 unspecified atom stereocenters. The molecule has 0 aromatic heterocycles. The number of hydrogen-bond acceptors (Lipinski definition) is 0. The monoisotopic (exact) mass is 254 g/mol. The topological polar surface area (TPSA) is 0 Å². The lowest BCUT2D eigenvalue weighted by molar-refractivity contribution is 0.429. The average Bonchev–Trinajstić information content (AvgIpc) is 2.37. The summed E-state index contributed by atoms with van der Waals surface area (Å²) in [6, 6.07) is 0. The first-order valence-electron chi connectivity index (χ1n) is 8.70. The van der Waals surface area contributed by atoms with Gasteiger partial charge in [-0.25, -0.2) is 0 Å². The van der Waals surface area contributed by atoms with Gasteiger partial charge < -0.3 is 0 Å². The number of unbranched alkanes of at least 4 members (excludes halogenated alkanes) is 6. The van der Waals surface area contributed by atoms with Crippen molar-refractivity contribution in [1.82, 2.24) is 0 Å². The van der Waals surface area contributed by atoms with Crippen molar-refractivity contribution in [3.8, 4) is 0 Å². The van der Waals surface area contributed by atoms with Crippen LogP contribution in [0.2, 0.25) is 0 Å². The SMILES string of the molecule is CCCCCC(C)CCCCCCCC(C)CC. The van der Waals surface area contributed by atoms with Crippen LogP contribution in [0.15, 0.2) is 0 Å². The highest BCUT2D eigenvalue weighted by Gasteiger charge is 2.02. The first kappa shape index (κ1) is 18.0. The Kier molecular flexibility index (Phi) is 13.4. The molecule has 0 saturated heterocycles. The predicted octanol–water partition coefficient (Wildman–Crippen LogP) is 6.98. The fourth-order valence-electron chi connectivity index (χ4n) is 2.61. The van der Waals surface area contributed by atoms with Crippen LogP contribution in [0.3, 0.4) is 0 Å². The lowest BCUT2D eigenvalue weighted by Gasteiger charge is -2.11. The van der Waals surface area contributed by atoms with Crippen molar-refractivity contribution in [3.63, 3.8) is 0 Å². The van der Waals surface area contributed by atoms with Crippen molar-refractivity contribution in [2.45, 2.75) is 105 Å². The Morgan fingerprint density at radius 1 is 0.556 bits per heavy atom. The standard InChI is InChI=1S/C18H38/c1-5-7-11-15-18(4)16-13-10-8-9-12-14-17(3)6-2/h17-18H,5-16H2,1-4H3. The van der Waals surface area contributed by atoms with Crippen LogP contribution in [0, 0.1) is 11.8 Å².